The van der Waals surface area contributed by atoms with E-state index in [0.717, 1.165) is 12.8 Å². The van der Waals surface area contributed by atoms with Gasteiger partial charge in [0.25, 0.3) is 0 Å². The number of benzene rings is 1. The van der Waals surface area contributed by atoms with E-state index in [1.165, 1.54) is 22.5 Å². The van der Waals surface area contributed by atoms with Gasteiger partial charge in [-0.3, -0.25) is 0 Å². The van der Waals surface area contributed by atoms with E-state index in [9.17, 15) is 8.42 Å². The third kappa shape index (κ3) is 2.66. The van der Waals surface area contributed by atoms with E-state index < -0.39 is 10.0 Å². The molecule has 0 aliphatic heterocycles. The van der Waals surface area contributed by atoms with Crippen molar-refractivity contribution in [2.45, 2.75) is 17.7 Å². The van der Waals surface area contributed by atoms with Gasteiger partial charge < -0.3 is 0 Å². The lowest BCUT2D eigenvalue weighted by Crippen LogP contribution is -2.29. The van der Waals surface area contributed by atoms with Crippen molar-refractivity contribution >= 4 is 21.6 Å². The number of halogens is 1. The van der Waals surface area contributed by atoms with Crippen molar-refractivity contribution in [1.29, 1.82) is 5.26 Å². The van der Waals surface area contributed by atoms with Crippen LogP contribution in [0.25, 0.3) is 0 Å². The maximum atomic E-state index is 12.3. The predicted octanol–water partition coefficient (Wildman–Crippen LogP) is 2.24. The molecule has 1 fully saturated rings. The summed E-state index contributed by atoms with van der Waals surface area (Å²) in [6.07, 6.45) is 2.17. The summed E-state index contributed by atoms with van der Waals surface area (Å²) in [6.45, 7) is 0.526. The van der Waals surface area contributed by atoms with Gasteiger partial charge in [0.15, 0.2) is 0 Å². The Balaban J connectivity index is 2.31. The molecule has 1 saturated carbocycles. The lowest BCUT2D eigenvalue weighted by molar-refractivity contribution is 0.453. The third-order valence-corrected chi connectivity index (χ3v) is 5.27. The van der Waals surface area contributed by atoms with E-state index in [4.69, 9.17) is 16.9 Å². The van der Waals surface area contributed by atoms with Crippen LogP contribution in [-0.2, 0) is 10.0 Å². The summed E-state index contributed by atoms with van der Waals surface area (Å²) < 4.78 is 25.9. The van der Waals surface area contributed by atoms with Crippen LogP contribution in [0, 0.1) is 17.2 Å². The smallest absolute Gasteiger partial charge is 0.207 e. The molecule has 0 heterocycles. The molecule has 1 aromatic carbocycles. The number of hydrogen-bond acceptors (Lipinski definition) is 3. The Morgan fingerprint density at radius 1 is 1.50 bits per heavy atom. The van der Waals surface area contributed by atoms with Crippen molar-refractivity contribution < 1.29 is 8.42 Å². The molecule has 1 aliphatic rings. The lowest BCUT2D eigenvalue weighted by atomic mass is 10.2. The molecule has 0 N–H and O–H groups in total. The molecular formula is C12H13ClN2O2S. The van der Waals surface area contributed by atoms with Gasteiger partial charge in [-0.1, -0.05) is 11.6 Å². The average Bonchev–Trinajstić information content (AvgIpc) is 3.12. The SMILES string of the molecule is CN(CC1CC1)S(=O)(=O)c1ccc(C#N)cc1Cl. The molecule has 4 nitrogen and oxygen atoms in total. The van der Waals surface area contributed by atoms with Crippen LogP contribution in [0.5, 0.6) is 0 Å². The van der Waals surface area contributed by atoms with E-state index in [2.05, 4.69) is 0 Å². The van der Waals surface area contributed by atoms with E-state index >= 15 is 0 Å². The van der Waals surface area contributed by atoms with Crippen LogP contribution in [0.15, 0.2) is 23.1 Å². The zero-order valence-electron chi connectivity index (χ0n) is 9.93. The zero-order chi connectivity index (χ0) is 13.3. The molecule has 6 heteroatoms. The Bertz CT molecular complexity index is 603. The van der Waals surface area contributed by atoms with Crippen LogP contribution < -0.4 is 0 Å². The summed E-state index contributed by atoms with van der Waals surface area (Å²) in [5, 5.41) is 8.82. The summed E-state index contributed by atoms with van der Waals surface area (Å²) in [7, 11) is -2.00. The second-order valence-corrected chi connectivity index (χ2v) is 6.91. The standard InChI is InChI=1S/C12H13ClN2O2S/c1-15(8-9-2-3-9)18(16,17)12-5-4-10(7-14)6-11(12)13/h4-6,9H,2-3,8H2,1H3. The molecule has 1 aromatic rings. The highest BCUT2D eigenvalue weighted by molar-refractivity contribution is 7.89. The van der Waals surface area contributed by atoms with Gasteiger partial charge in [-0.05, 0) is 37.0 Å². The molecule has 0 amide bonds. The fraction of sp³-hybridized carbons (Fsp3) is 0.417. The van der Waals surface area contributed by atoms with Crippen molar-refractivity contribution in [1.82, 2.24) is 4.31 Å². The van der Waals surface area contributed by atoms with Gasteiger partial charge in [-0.2, -0.15) is 5.26 Å². The first-order chi connectivity index (χ1) is 8.45. The summed E-state index contributed by atoms with van der Waals surface area (Å²) in [6, 6.07) is 6.15. The van der Waals surface area contributed by atoms with E-state index in [-0.39, 0.29) is 9.92 Å². The Morgan fingerprint density at radius 3 is 2.67 bits per heavy atom. The van der Waals surface area contributed by atoms with E-state index in [1.807, 2.05) is 6.07 Å². The highest BCUT2D eigenvalue weighted by Gasteiger charge is 2.30. The average molecular weight is 285 g/mol. The van der Waals surface area contributed by atoms with Crippen LogP contribution in [0.2, 0.25) is 5.02 Å². The van der Waals surface area contributed by atoms with Crippen molar-refractivity contribution in [2.24, 2.45) is 5.92 Å². The largest absolute Gasteiger partial charge is 0.244 e. The Morgan fingerprint density at radius 2 is 2.17 bits per heavy atom. The molecule has 0 radical (unpaired) electrons. The maximum Gasteiger partial charge on any atom is 0.244 e. The van der Waals surface area contributed by atoms with Crippen LogP contribution in [0.4, 0.5) is 0 Å². The summed E-state index contributed by atoms with van der Waals surface area (Å²) in [5.74, 6) is 0.474. The van der Waals surface area contributed by atoms with Gasteiger partial charge in [-0.15, -0.1) is 0 Å². The van der Waals surface area contributed by atoms with Crippen molar-refractivity contribution in [2.75, 3.05) is 13.6 Å². The number of sulfonamides is 1. The Hall–Kier alpha value is -1.09. The van der Waals surface area contributed by atoms with Gasteiger partial charge in [0.1, 0.15) is 4.90 Å². The molecule has 96 valence electrons. The molecule has 0 atom stereocenters. The van der Waals surface area contributed by atoms with Crippen molar-refractivity contribution in [3.8, 4) is 6.07 Å². The molecule has 0 bridgehead atoms. The molecule has 0 unspecified atom stereocenters. The highest BCUT2D eigenvalue weighted by atomic mass is 35.5. The van der Waals surface area contributed by atoms with E-state index in [1.54, 1.807) is 7.05 Å². The fourth-order valence-corrected chi connectivity index (χ4v) is 3.47. The van der Waals surface area contributed by atoms with Crippen LogP contribution >= 0.6 is 11.6 Å². The molecule has 2 rings (SSSR count). The third-order valence-electron chi connectivity index (χ3n) is 2.96. The molecule has 0 spiro atoms. The second kappa shape index (κ2) is 4.88. The highest BCUT2D eigenvalue weighted by Crippen LogP contribution is 2.32. The maximum absolute atomic E-state index is 12.3. The first kappa shape index (κ1) is 13.3. The topological polar surface area (TPSA) is 61.2 Å². The summed E-state index contributed by atoms with van der Waals surface area (Å²) in [5.41, 5.74) is 0.351. The minimum Gasteiger partial charge on any atom is -0.207 e. The minimum absolute atomic E-state index is 0.0614. The quantitative estimate of drug-likeness (QED) is 0.852. The van der Waals surface area contributed by atoms with Gasteiger partial charge in [0, 0.05) is 13.6 Å². The van der Waals surface area contributed by atoms with E-state index in [0.29, 0.717) is 18.0 Å². The van der Waals surface area contributed by atoms with Crippen molar-refractivity contribution in [3.63, 3.8) is 0 Å². The first-order valence-corrected chi connectivity index (χ1v) is 7.43. The van der Waals surface area contributed by atoms with Gasteiger partial charge >= 0.3 is 0 Å². The molecule has 0 saturated heterocycles. The predicted molar refractivity (Wildman–Crippen MR) is 68.7 cm³/mol. The van der Waals surface area contributed by atoms with Crippen LogP contribution in [-0.4, -0.2) is 26.3 Å². The number of hydrogen-bond donors (Lipinski definition) is 0. The van der Waals surface area contributed by atoms with Crippen LogP contribution in [0.3, 0.4) is 0 Å². The molecule has 0 aromatic heterocycles. The Kier molecular flexibility index (Phi) is 3.62. The molecule has 18 heavy (non-hydrogen) atoms. The van der Waals surface area contributed by atoms with Gasteiger partial charge in [0.05, 0.1) is 16.7 Å². The number of nitriles is 1. The van der Waals surface area contributed by atoms with Crippen molar-refractivity contribution in [3.05, 3.63) is 28.8 Å². The normalized spacial score (nSPS) is 15.7. The fourth-order valence-electron chi connectivity index (χ4n) is 1.71. The monoisotopic (exact) mass is 284 g/mol. The second-order valence-electron chi connectivity index (χ2n) is 4.49. The summed E-state index contributed by atoms with van der Waals surface area (Å²) in [4.78, 5) is 0.0614. The first-order valence-electron chi connectivity index (χ1n) is 5.61. The lowest BCUT2D eigenvalue weighted by Gasteiger charge is -2.17. The van der Waals surface area contributed by atoms with Gasteiger partial charge in [0.2, 0.25) is 10.0 Å². The van der Waals surface area contributed by atoms with Gasteiger partial charge in [-0.25, -0.2) is 12.7 Å². The molecule has 1 aliphatic carbocycles. The minimum atomic E-state index is -3.56. The number of nitrogens with zero attached hydrogens (tertiary/aromatic N) is 2. The molecular weight excluding hydrogens is 272 g/mol. The van der Waals surface area contributed by atoms with Crippen LogP contribution in [0.1, 0.15) is 18.4 Å². The zero-order valence-corrected chi connectivity index (χ0v) is 11.5. The summed E-state index contributed by atoms with van der Waals surface area (Å²) >= 11 is 5.93. The Labute approximate surface area is 112 Å². The number of rotatable bonds is 4.